The molecule has 0 bridgehead atoms. The van der Waals surface area contributed by atoms with E-state index in [-0.39, 0.29) is 24.4 Å². The molecule has 1 heterocycles. The van der Waals surface area contributed by atoms with Crippen LogP contribution in [0.2, 0.25) is 0 Å². The summed E-state index contributed by atoms with van der Waals surface area (Å²) in [5.74, 6) is 0.470. The third kappa shape index (κ3) is 5.23. The quantitative estimate of drug-likeness (QED) is 0.343. The Balaban J connectivity index is 1.41. The standard InChI is InChI=1S/C30H30N4O2/c1-21(2)22-13-15-26(16-14-22)34-19-27(23-9-5-3-6-10-23)31-30(34)32-28(35)20-33(25-17-18-25)29(36)24-11-7-4-8-12-24/h3-16,19,21,25H,17-18,20H2,1-2H3,(H,31,32,35). The average Bonchev–Trinajstić information content (AvgIpc) is 3.67. The van der Waals surface area contributed by atoms with Crippen LogP contribution in [-0.4, -0.2) is 38.9 Å². The molecule has 0 radical (unpaired) electrons. The Morgan fingerprint density at radius 3 is 2.19 bits per heavy atom. The van der Waals surface area contributed by atoms with Crippen LogP contribution in [0.25, 0.3) is 16.9 Å². The Bertz CT molecular complexity index is 1340. The summed E-state index contributed by atoms with van der Waals surface area (Å²) in [5.41, 5.74) is 4.47. The van der Waals surface area contributed by atoms with Gasteiger partial charge in [-0.3, -0.25) is 19.5 Å². The van der Waals surface area contributed by atoms with Crippen LogP contribution in [0.3, 0.4) is 0 Å². The highest BCUT2D eigenvalue weighted by Crippen LogP contribution is 2.29. The second kappa shape index (κ2) is 10.2. The molecular weight excluding hydrogens is 448 g/mol. The van der Waals surface area contributed by atoms with Crippen molar-refractivity contribution in [2.24, 2.45) is 0 Å². The molecule has 0 aliphatic heterocycles. The van der Waals surface area contributed by atoms with E-state index in [0.29, 0.717) is 17.4 Å². The number of imidazole rings is 1. The molecule has 3 aromatic carbocycles. The third-order valence-corrected chi connectivity index (χ3v) is 6.45. The van der Waals surface area contributed by atoms with Gasteiger partial charge in [0.1, 0.15) is 6.54 Å². The molecule has 2 amide bonds. The summed E-state index contributed by atoms with van der Waals surface area (Å²) in [6.07, 6.45) is 3.77. The van der Waals surface area contributed by atoms with E-state index in [9.17, 15) is 9.59 Å². The van der Waals surface area contributed by atoms with E-state index >= 15 is 0 Å². The molecule has 1 saturated carbocycles. The van der Waals surface area contributed by atoms with Crippen LogP contribution in [0.5, 0.6) is 0 Å². The molecule has 1 aliphatic carbocycles. The first kappa shape index (κ1) is 23.5. The van der Waals surface area contributed by atoms with E-state index in [4.69, 9.17) is 4.98 Å². The van der Waals surface area contributed by atoms with Gasteiger partial charge in [-0.2, -0.15) is 0 Å². The molecule has 6 nitrogen and oxygen atoms in total. The van der Waals surface area contributed by atoms with Gasteiger partial charge in [-0.25, -0.2) is 4.98 Å². The van der Waals surface area contributed by atoms with Crippen LogP contribution < -0.4 is 5.32 Å². The number of amides is 2. The van der Waals surface area contributed by atoms with E-state index in [1.807, 2.05) is 71.4 Å². The lowest BCUT2D eigenvalue weighted by Gasteiger charge is -2.22. The fraction of sp³-hybridized carbons (Fsp3) is 0.233. The molecular formula is C30H30N4O2. The van der Waals surface area contributed by atoms with Gasteiger partial charge in [0.2, 0.25) is 11.9 Å². The lowest BCUT2D eigenvalue weighted by Crippen LogP contribution is -2.39. The smallest absolute Gasteiger partial charge is 0.254 e. The Kier molecular flexibility index (Phi) is 6.67. The number of nitrogens with one attached hydrogen (secondary N) is 1. The highest BCUT2D eigenvalue weighted by molar-refractivity contribution is 5.99. The van der Waals surface area contributed by atoms with Crippen LogP contribution in [0.1, 0.15) is 48.5 Å². The zero-order valence-electron chi connectivity index (χ0n) is 20.6. The van der Waals surface area contributed by atoms with Crippen molar-refractivity contribution in [1.82, 2.24) is 14.5 Å². The van der Waals surface area contributed by atoms with Crippen molar-refractivity contribution in [3.63, 3.8) is 0 Å². The molecule has 0 unspecified atom stereocenters. The summed E-state index contributed by atoms with van der Waals surface area (Å²) in [6, 6.07) is 27.4. The number of nitrogens with zero attached hydrogens (tertiary/aromatic N) is 3. The van der Waals surface area contributed by atoms with Gasteiger partial charge in [0.15, 0.2) is 0 Å². The molecule has 0 spiro atoms. The van der Waals surface area contributed by atoms with Crippen LogP contribution in [-0.2, 0) is 4.79 Å². The number of benzene rings is 3. The maximum Gasteiger partial charge on any atom is 0.254 e. The van der Waals surface area contributed by atoms with Crippen LogP contribution >= 0.6 is 0 Å². The number of rotatable bonds is 8. The van der Waals surface area contributed by atoms with Crippen molar-refractivity contribution in [2.45, 2.75) is 38.6 Å². The molecule has 6 heteroatoms. The summed E-state index contributed by atoms with van der Waals surface area (Å²) in [4.78, 5) is 32.7. The van der Waals surface area contributed by atoms with Crippen molar-refractivity contribution < 1.29 is 9.59 Å². The van der Waals surface area contributed by atoms with Crippen LogP contribution in [0.4, 0.5) is 5.95 Å². The maximum atomic E-state index is 13.2. The Morgan fingerprint density at radius 1 is 0.944 bits per heavy atom. The predicted molar refractivity (Wildman–Crippen MR) is 142 cm³/mol. The fourth-order valence-electron chi connectivity index (χ4n) is 4.25. The van der Waals surface area contributed by atoms with Gasteiger partial charge in [0, 0.05) is 29.1 Å². The van der Waals surface area contributed by atoms with Gasteiger partial charge in [0.05, 0.1) is 5.69 Å². The molecule has 5 rings (SSSR count). The number of hydrogen-bond donors (Lipinski definition) is 1. The summed E-state index contributed by atoms with van der Waals surface area (Å²) < 4.78 is 1.89. The summed E-state index contributed by atoms with van der Waals surface area (Å²) in [6.45, 7) is 4.31. The second-order valence-electron chi connectivity index (χ2n) is 9.51. The topological polar surface area (TPSA) is 67.2 Å². The van der Waals surface area contributed by atoms with Gasteiger partial charge in [-0.15, -0.1) is 0 Å². The Labute approximate surface area is 211 Å². The van der Waals surface area contributed by atoms with Crippen LogP contribution in [0.15, 0.2) is 91.1 Å². The number of carbonyl (C=O) groups excluding carboxylic acids is 2. The second-order valence-corrected chi connectivity index (χ2v) is 9.51. The monoisotopic (exact) mass is 478 g/mol. The van der Waals surface area contributed by atoms with E-state index in [0.717, 1.165) is 29.8 Å². The number of carbonyl (C=O) groups is 2. The lowest BCUT2D eigenvalue weighted by molar-refractivity contribution is -0.117. The van der Waals surface area contributed by atoms with Crippen molar-refractivity contribution in [3.8, 4) is 16.9 Å². The number of aromatic nitrogens is 2. The maximum absolute atomic E-state index is 13.2. The molecule has 1 N–H and O–H groups in total. The van der Waals surface area contributed by atoms with Gasteiger partial charge < -0.3 is 4.90 Å². The van der Waals surface area contributed by atoms with E-state index in [2.05, 4.69) is 31.3 Å². The molecule has 0 saturated heterocycles. The van der Waals surface area contributed by atoms with E-state index in [1.165, 1.54) is 5.56 Å². The minimum atomic E-state index is -0.267. The van der Waals surface area contributed by atoms with E-state index in [1.54, 1.807) is 17.0 Å². The molecule has 1 fully saturated rings. The Morgan fingerprint density at radius 2 is 1.58 bits per heavy atom. The largest absolute Gasteiger partial charge is 0.326 e. The summed E-state index contributed by atoms with van der Waals surface area (Å²) in [5, 5.41) is 2.98. The van der Waals surface area contributed by atoms with Gasteiger partial charge >= 0.3 is 0 Å². The first-order chi connectivity index (χ1) is 17.5. The first-order valence-corrected chi connectivity index (χ1v) is 12.4. The average molecular weight is 479 g/mol. The predicted octanol–water partition coefficient (Wildman–Crippen LogP) is 5.91. The zero-order chi connectivity index (χ0) is 25.1. The molecule has 1 aliphatic rings. The summed E-state index contributed by atoms with van der Waals surface area (Å²) >= 11 is 0. The highest BCUT2D eigenvalue weighted by Gasteiger charge is 2.34. The Hall–Kier alpha value is -4.19. The van der Waals surface area contributed by atoms with Crippen molar-refractivity contribution in [2.75, 3.05) is 11.9 Å². The first-order valence-electron chi connectivity index (χ1n) is 12.4. The lowest BCUT2D eigenvalue weighted by atomic mass is 10.0. The van der Waals surface area contributed by atoms with Crippen molar-refractivity contribution >= 4 is 17.8 Å². The van der Waals surface area contributed by atoms with Crippen molar-refractivity contribution in [1.29, 1.82) is 0 Å². The molecule has 1 aromatic heterocycles. The minimum Gasteiger partial charge on any atom is -0.326 e. The molecule has 36 heavy (non-hydrogen) atoms. The normalized spacial score (nSPS) is 13.0. The number of hydrogen-bond acceptors (Lipinski definition) is 3. The van der Waals surface area contributed by atoms with Crippen molar-refractivity contribution in [3.05, 3.63) is 102 Å². The van der Waals surface area contributed by atoms with Gasteiger partial charge in [0.25, 0.3) is 5.91 Å². The van der Waals surface area contributed by atoms with Gasteiger partial charge in [-0.05, 0) is 48.6 Å². The van der Waals surface area contributed by atoms with Gasteiger partial charge in [-0.1, -0.05) is 74.5 Å². The minimum absolute atomic E-state index is 0.0157. The zero-order valence-corrected chi connectivity index (χ0v) is 20.6. The molecule has 0 atom stereocenters. The number of anilines is 1. The SMILES string of the molecule is CC(C)c1ccc(-n2cc(-c3ccccc3)nc2NC(=O)CN(C(=O)c2ccccc2)C2CC2)cc1. The fourth-order valence-corrected chi connectivity index (χ4v) is 4.25. The van der Waals surface area contributed by atoms with Crippen LogP contribution in [0, 0.1) is 0 Å². The molecule has 182 valence electrons. The van der Waals surface area contributed by atoms with E-state index < -0.39 is 0 Å². The summed E-state index contributed by atoms with van der Waals surface area (Å²) in [7, 11) is 0. The highest BCUT2D eigenvalue weighted by atomic mass is 16.2. The third-order valence-electron chi connectivity index (χ3n) is 6.45. The molecule has 4 aromatic rings.